The van der Waals surface area contributed by atoms with E-state index in [4.69, 9.17) is 15.2 Å². The van der Waals surface area contributed by atoms with Gasteiger partial charge in [0.2, 0.25) is 0 Å². The van der Waals surface area contributed by atoms with Gasteiger partial charge in [-0.1, -0.05) is 30.3 Å². The number of nitrogens with two attached hydrogens (primary N) is 1. The molecule has 3 N–H and O–H groups in total. The van der Waals surface area contributed by atoms with Crippen molar-refractivity contribution in [2.24, 2.45) is 0 Å². The number of methoxy groups -OCH3 is 1. The Morgan fingerprint density at radius 3 is 2.68 bits per heavy atom. The Morgan fingerprint density at radius 2 is 1.95 bits per heavy atom. The molecule has 0 aliphatic rings. The van der Waals surface area contributed by atoms with Crippen molar-refractivity contribution in [1.82, 2.24) is 4.98 Å². The lowest BCUT2D eigenvalue weighted by Crippen LogP contribution is -2.01. The number of anilines is 1. The molecule has 0 radical (unpaired) electrons. The first kappa shape index (κ1) is 14.0. The lowest BCUT2D eigenvalue weighted by molar-refractivity contribution is 0.0595. The van der Waals surface area contributed by atoms with Gasteiger partial charge >= 0.3 is 5.97 Å². The van der Waals surface area contributed by atoms with Gasteiger partial charge in [0.1, 0.15) is 18.1 Å². The van der Waals surface area contributed by atoms with Crippen LogP contribution >= 0.6 is 0 Å². The van der Waals surface area contributed by atoms with Crippen molar-refractivity contribution in [3.63, 3.8) is 0 Å². The first-order valence-corrected chi connectivity index (χ1v) is 6.84. The van der Waals surface area contributed by atoms with E-state index in [1.165, 1.54) is 7.11 Å². The van der Waals surface area contributed by atoms with Crippen LogP contribution in [0.2, 0.25) is 0 Å². The monoisotopic (exact) mass is 296 g/mol. The summed E-state index contributed by atoms with van der Waals surface area (Å²) >= 11 is 0. The first-order valence-electron chi connectivity index (χ1n) is 6.84. The molecule has 0 aliphatic carbocycles. The number of H-pyrrole nitrogens is 1. The van der Waals surface area contributed by atoms with Crippen LogP contribution in [0.5, 0.6) is 5.75 Å². The topological polar surface area (TPSA) is 77.3 Å². The van der Waals surface area contributed by atoms with Crippen molar-refractivity contribution in [1.29, 1.82) is 0 Å². The fourth-order valence-corrected chi connectivity index (χ4v) is 2.30. The number of carbonyl (C=O) groups excluding carboxylic acids is 1. The van der Waals surface area contributed by atoms with Crippen molar-refractivity contribution < 1.29 is 14.3 Å². The number of aromatic amines is 1. The van der Waals surface area contributed by atoms with Crippen LogP contribution in [0.3, 0.4) is 0 Å². The first-order chi connectivity index (χ1) is 10.7. The largest absolute Gasteiger partial charge is 0.487 e. The molecule has 3 rings (SSSR count). The average Bonchev–Trinajstić information content (AvgIpc) is 2.96. The Hall–Kier alpha value is -2.95. The summed E-state index contributed by atoms with van der Waals surface area (Å²) in [5, 5.41) is 0.809. The SMILES string of the molecule is COC(=O)c1cc2cc(N)cc(OCc3ccccc3)c2[nH]1. The molecule has 0 aliphatic heterocycles. The Kier molecular flexibility index (Phi) is 3.70. The van der Waals surface area contributed by atoms with Crippen LogP contribution in [0.4, 0.5) is 5.69 Å². The summed E-state index contributed by atoms with van der Waals surface area (Å²) in [5.41, 5.74) is 8.63. The minimum atomic E-state index is -0.427. The van der Waals surface area contributed by atoms with Gasteiger partial charge in [0.25, 0.3) is 0 Å². The number of nitrogen functional groups attached to an aromatic ring is 1. The molecule has 0 amide bonds. The fourth-order valence-electron chi connectivity index (χ4n) is 2.30. The molecule has 0 saturated carbocycles. The van der Waals surface area contributed by atoms with E-state index in [2.05, 4.69) is 4.98 Å². The molecular formula is C17H16N2O3. The Bertz CT molecular complexity index is 809. The summed E-state index contributed by atoms with van der Waals surface area (Å²) in [6.45, 7) is 0.423. The third kappa shape index (κ3) is 2.74. The van der Waals surface area contributed by atoms with Crippen molar-refractivity contribution in [2.45, 2.75) is 6.61 Å². The molecular weight excluding hydrogens is 280 g/mol. The lowest BCUT2D eigenvalue weighted by Gasteiger charge is -2.08. The number of esters is 1. The molecule has 3 aromatic rings. The van der Waals surface area contributed by atoms with Gasteiger partial charge in [0.15, 0.2) is 0 Å². The molecule has 0 atom stereocenters. The maximum absolute atomic E-state index is 11.6. The summed E-state index contributed by atoms with van der Waals surface area (Å²) < 4.78 is 10.6. The smallest absolute Gasteiger partial charge is 0.354 e. The number of carbonyl (C=O) groups is 1. The van der Waals surface area contributed by atoms with Crippen LogP contribution in [0.1, 0.15) is 16.1 Å². The molecule has 112 valence electrons. The standard InChI is InChI=1S/C17H16N2O3/c1-21-17(20)14-8-12-7-13(18)9-15(16(12)19-14)22-10-11-5-3-2-4-6-11/h2-9,19H,10,18H2,1H3. The van der Waals surface area contributed by atoms with Crippen LogP contribution < -0.4 is 10.5 Å². The van der Waals surface area contributed by atoms with Gasteiger partial charge in [0.05, 0.1) is 12.6 Å². The molecule has 1 aromatic heterocycles. The average molecular weight is 296 g/mol. The summed E-state index contributed by atoms with van der Waals surface area (Å²) in [6.07, 6.45) is 0. The van der Waals surface area contributed by atoms with Crippen molar-refractivity contribution >= 4 is 22.6 Å². The zero-order valence-electron chi connectivity index (χ0n) is 12.1. The second-order valence-corrected chi connectivity index (χ2v) is 4.93. The maximum atomic E-state index is 11.6. The molecule has 0 fully saturated rings. The third-order valence-electron chi connectivity index (χ3n) is 3.36. The van der Waals surface area contributed by atoms with E-state index in [0.717, 1.165) is 16.5 Å². The number of rotatable bonds is 4. The van der Waals surface area contributed by atoms with E-state index in [9.17, 15) is 4.79 Å². The second-order valence-electron chi connectivity index (χ2n) is 4.93. The zero-order chi connectivity index (χ0) is 15.5. The van der Waals surface area contributed by atoms with Crippen LogP contribution in [-0.4, -0.2) is 18.1 Å². The number of nitrogens with one attached hydrogen (secondary N) is 1. The van der Waals surface area contributed by atoms with Gasteiger partial charge in [-0.25, -0.2) is 4.79 Å². The lowest BCUT2D eigenvalue weighted by atomic mass is 10.2. The Balaban J connectivity index is 1.94. The number of fused-ring (bicyclic) bond motifs is 1. The molecule has 0 saturated heterocycles. The Morgan fingerprint density at radius 1 is 1.18 bits per heavy atom. The number of hydrogen-bond acceptors (Lipinski definition) is 4. The normalized spacial score (nSPS) is 10.6. The fraction of sp³-hybridized carbons (Fsp3) is 0.118. The molecule has 22 heavy (non-hydrogen) atoms. The van der Waals surface area contributed by atoms with Gasteiger partial charge < -0.3 is 20.2 Å². The van der Waals surface area contributed by atoms with E-state index < -0.39 is 5.97 Å². The quantitative estimate of drug-likeness (QED) is 0.573. The van der Waals surface area contributed by atoms with Crippen LogP contribution in [0, 0.1) is 0 Å². The number of benzene rings is 2. The third-order valence-corrected chi connectivity index (χ3v) is 3.36. The molecule has 0 spiro atoms. The van der Waals surface area contributed by atoms with Gasteiger partial charge in [-0.3, -0.25) is 0 Å². The highest BCUT2D eigenvalue weighted by molar-refractivity contribution is 5.97. The number of aromatic nitrogens is 1. The minimum Gasteiger partial charge on any atom is -0.487 e. The maximum Gasteiger partial charge on any atom is 0.354 e. The molecule has 0 bridgehead atoms. The van der Waals surface area contributed by atoms with Crippen molar-refractivity contribution in [3.05, 3.63) is 59.8 Å². The summed E-state index contributed by atoms with van der Waals surface area (Å²) in [5.74, 6) is 0.179. The van der Waals surface area contributed by atoms with Gasteiger partial charge in [0, 0.05) is 17.1 Å². The van der Waals surface area contributed by atoms with Gasteiger partial charge in [-0.05, 0) is 17.7 Å². The van der Waals surface area contributed by atoms with Gasteiger partial charge in [-0.15, -0.1) is 0 Å². The Labute approximate surface area is 127 Å². The molecule has 1 heterocycles. The predicted octanol–water partition coefficient (Wildman–Crippen LogP) is 3.12. The molecule has 2 aromatic carbocycles. The highest BCUT2D eigenvalue weighted by Crippen LogP contribution is 2.30. The van der Waals surface area contributed by atoms with E-state index >= 15 is 0 Å². The van der Waals surface area contributed by atoms with Crippen molar-refractivity contribution in [2.75, 3.05) is 12.8 Å². The summed E-state index contributed by atoms with van der Waals surface area (Å²) in [7, 11) is 1.34. The molecule has 5 nitrogen and oxygen atoms in total. The van der Waals surface area contributed by atoms with Crippen LogP contribution in [0.25, 0.3) is 10.9 Å². The van der Waals surface area contributed by atoms with E-state index in [-0.39, 0.29) is 0 Å². The summed E-state index contributed by atoms with van der Waals surface area (Å²) in [6, 6.07) is 15.1. The number of ether oxygens (including phenoxy) is 2. The molecule has 0 unspecified atom stereocenters. The van der Waals surface area contributed by atoms with Crippen molar-refractivity contribution in [3.8, 4) is 5.75 Å². The molecule has 5 heteroatoms. The second kappa shape index (κ2) is 5.81. The van der Waals surface area contributed by atoms with E-state index in [1.807, 2.05) is 30.3 Å². The van der Waals surface area contributed by atoms with Crippen LogP contribution in [0.15, 0.2) is 48.5 Å². The van der Waals surface area contributed by atoms with E-state index in [1.54, 1.807) is 18.2 Å². The highest BCUT2D eigenvalue weighted by Gasteiger charge is 2.13. The highest BCUT2D eigenvalue weighted by atomic mass is 16.5. The zero-order valence-corrected chi connectivity index (χ0v) is 12.1. The van der Waals surface area contributed by atoms with Gasteiger partial charge in [-0.2, -0.15) is 0 Å². The van der Waals surface area contributed by atoms with E-state index in [0.29, 0.717) is 23.7 Å². The number of hydrogen-bond donors (Lipinski definition) is 2. The summed E-state index contributed by atoms with van der Waals surface area (Å²) in [4.78, 5) is 14.7. The predicted molar refractivity (Wildman–Crippen MR) is 84.8 cm³/mol. The minimum absolute atomic E-state index is 0.368. The van der Waals surface area contributed by atoms with Crippen LogP contribution in [-0.2, 0) is 11.3 Å².